The third kappa shape index (κ3) is 3.91. The summed E-state index contributed by atoms with van der Waals surface area (Å²) in [6.07, 6.45) is 1.61. The number of ether oxygens (including phenoxy) is 1. The number of nitrogens with zero attached hydrogens (tertiary/aromatic N) is 2. The fourth-order valence-corrected chi connectivity index (χ4v) is 1.37. The monoisotopic (exact) mass is 223 g/mol. The summed E-state index contributed by atoms with van der Waals surface area (Å²) >= 11 is 0. The summed E-state index contributed by atoms with van der Waals surface area (Å²) in [6.45, 7) is 6.45. The molecule has 0 aromatic rings. The first-order valence-electron chi connectivity index (χ1n) is 5.38. The summed E-state index contributed by atoms with van der Waals surface area (Å²) in [5.41, 5.74) is 0.149. The average Bonchev–Trinajstić information content (AvgIpc) is 2.26. The van der Waals surface area contributed by atoms with Crippen molar-refractivity contribution < 1.29 is 9.53 Å². The van der Waals surface area contributed by atoms with E-state index in [1.54, 1.807) is 6.20 Å². The van der Waals surface area contributed by atoms with Gasteiger partial charge in [0.2, 0.25) is 0 Å². The maximum absolute atomic E-state index is 11.6. The van der Waals surface area contributed by atoms with Gasteiger partial charge >= 0.3 is 0 Å². The molecule has 1 aliphatic rings. The van der Waals surface area contributed by atoms with Gasteiger partial charge in [0.05, 0.1) is 13.2 Å². The molecule has 0 bridgehead atoms. The number of amides is 1. The predicted octanol–water partition coefficient (Wildman–Crippen LogP) is 0.251. The minimum Gasteiger partial charge on any atom is -0.378 e. The Morgan fingerprint density at radius 2 is 2.12 bits per heavy atom. The lowest BCUT2D eigenvalue weighted by molar-refractivity contribution is -0.117. The summed E-state index contributed by atoms with van der Waals surface area (Å²) in [5.74, 6) is -0.316. The second-order valence-corrected chi connectivity index (χ2v) is 3.93. The summed E-state index contributed by atoms with van der Waals surface area (Å²) in [7, 11) is 0. The van der Waals surface area contributed by atoms with Crippen molar-refractivity contribution in [1.29, 1.82) is 5.26 Å². The highest BCUT2D eigenvalue weighted by Gasteiger charge is 2.13. The van der Waals surface area contributed by atoms with Crippen LogP contribution in [0.2, 0.25) is 0 Å². The van der Waals surface area contributed by atoms with Crippen LogP contribution in [0.5, 0.6) is 0 Å². The predicted molar refractivity (Wildman–Crippen MR) is 59.4 cm³/mol. The Labute approximate surface area is 95.7 Å². The highest BCUT2D eigenvalue weighted by atomic mass is 16.5. The third-order valence-corrected chi connectivity index (χ3v) is 2.14. The Hall–Kier alpha value is -1.54. The maximum atomic E-state index is 11.6. The highest BCUT2D eigenvalue weighted by Crippen LogP contribution is 2.02. The molecule has 1 amide bonds. The zero-order valence-corrected chi connectivity index (χ0v) is 9.69. The molecule has 1 aliphatic heterocycles. The van der Waals surface area contributed by atoms with E-state index >= 15 is 0 Å². The van der Waals surface area contributed by atoms with Gasteiger partial charge < -0.3 is 15.0 Å². The number of carbonyl (C=O) groups is 1. The summed E-state index contributed by atoms with van der Waals surface area (Å²) in [4.78, 5) is 13.5. The second kappa shape index (κ2) is 6.13. The number of morpholine rings is 1. The van der Waals surface area contributed by atoms with E-state index < -0.39 is 0 Å². The summed E-state index contributed by atoms with van der Waals surface area (Å²) in [6, 6.07) is 1.96. The van der Waals surface area contributed by atoms with Crippen LogP contribution >= 0.6 is 0 Å². The molecule has 1 heterocycles. The Morgan fingerprint density at radius 1 is 1.50 bits per heavy atom. The number of nitriles is 1. The van der Waals surface area contributed by atoms with Crippen molar-refractivity contribution in [2.75, 3.05) is 26.3 Å². The Balaban J connectivity index is 2.61. The van der Waals surface area contributed by atoms with E-state index in [9.17, 15) is 4.79 Å². The van der Waals surface area contributed by atoms with Gasteiger partial charge in [-0.25, -0.2) is 0 Å². The van der Waals surface area contributed by atoms with E-state index in [0.29, 0.717) is 13.2 Å². The zero-order chi connectivity index (χ0) is 12.0. The van der Waals surface area contributed by atoms with E-state index in [4.69, 9.17) is 10.00 Å². The van der Waals surface area contributed by atoms with Crippen LogP contribution in [-0.4, -0.2) is 43.2 Å². The number of carbonyl (C=O) groups excluding carboxylic acids is 1. The van der Waals surface area contributed by atoms with Gasteiger partial charge in [0.1, 0.15) is 11.6 Å². The van der Waals surface area contributed by atoms with E-state index in [1.807, 2.05) is 24.8 Å². The average molecular weight is 223 g/mol. The van der Waals surface area contributed by atoms with Gasteiger partial charge in [0, 0.05) is 25.3 Å². The fourth-order valence-electron chi connectivity index (χ4n) is 1.37. The van der Waals surface area contributed by atoms with Crippen LogP contribution in [0.4, 0.5) is 0 Å². The molecule has 5 nitrogen and oxygen atoms in total. The molecule has 1 N–H and O–H groups in total. The van der Waals surface area contributed by atoms with Crippen LogP contribution in [0.15, 0.2) is 11.8 Å². The minimum absolute atomic E-state index is 0.0361. The summed E-state index contributed by atoms with van der Waals surface area (Å²) < 4.78 is 5.19. The molecule has 0 aromatic heterocycles. The quantitative estimate of drug-likeness (QED) is 0.550. The van der Waals surface area contributed by atoms with Crippen LogP contribution in [0.1, 0.15) is 13.8 Å². The fraction of sp³-hybridized carbons (Fsp3) is 0.636. The van der Waals surface area contributed by atoms with Crippen molar-refractivity contribution >= 4 is 5.91 Å². The lowest BCUT2D eigenvalue weighted by Gasteiger charge is -2.25. The topological polar surface area (TPSA) is 65.4 Å². The van der Waals surface area contributed by atoms with Gasteiger partial charge in [-0.2, -0.15) is 5.26 Å². The smallest absolute Gasteiger partial charge is 0.263 e. The first-order chi connectivity index (χ1) is 7.63. The van der Waals surface area contributed by atoms with Crippen LogP contribution in [0, 0.1) is 11.3 Å². The Bertz CT molecular complexity index is 312. The molecule has 0 atom stereocenters. The molecule has 0 saturated carbocycles. The third-order valence-electron chi connectivity index (χ3n) is 2.14. The van der Waals surface area contributed by atoms with Crippen molar-refractivity contribution in [3.05, 3.63) is 11.8 Å². The Kier molecular flexibility index (Phi) is 4.80. The normalized spacial score (nSPS) is 17.1. The van der Waals surface area contributed by atoms with Crippen molar-refractivity contribution in [1.82, 2.24) is 10.2 Å². The van der Waals surface area contributed by atoms with Crippen LogP contribution < -0.4 is 5.32 Å². The minimum atomic E-state index is -0.316. The van der Waals surface area contributed by atoms with Crippen molar-refractivity contribution in [2.45, 2.75) is 19.9 Å². The highest BCUT2D eigenvalue weighted by molar-refractivity contribution is 5.97. The molecule has 0 aliphatic carbocycles. The Morgan fingerprint density at radius 3 is 2.62 bits per heavy atom. The van der Waals surface area contributed by atoms with E-state index in [-0.39, 0.29) is 17.5 Å². The van der Waals surface area contributed by atoms with Crippen molar-refractivity contribution in [3.8, 4) is 6.07 Å². The second-order valence-electron chi connectivity index (χ2n) is 3.93. The standard InChI is InChI=1S/C11H17N3O2/c1-9(2)13-11(15)10(7-12)8-14-3-5-16-6-4-14/h8-9H,3-6H2,1-2H3,(H,13,15)/b10-8-. The first kappa shape index (κ1) is 12.5. The molecule has 16 heavy (non-hydrogen) atoms. The molecule has 5 heteroatoms. The van der Waals surface area contributed by atoms with Crippen LogP contribution in [0.25, 0.3) is 0 Å². The number of hydrogen-bond donors (Lipinski definition) is 1. The lowest BCUT2D eigenvalue weighted by atomic mass is 10.2. The van der Waals surface area contributed by atoms with Gasteiger partial charge in [-0.3, -0.25) is 4.79 Å². The first-order valence-corrected chi connectivity index (χ1v) is 5.38. The van der Waals surface area contributed by atoms with E-state index in [0.717, 1.165) is 13.1 Å². The molecule has 0 radical (unpaired) electrons. The lowest BCUT2D eigenvalue weighted by Crippen LogP contribution is -2.35. The summed E-state index contributed by atoms with van der Waals surface area (Å²) in [5, 5.41) is 11.6. The van der Waals surface area contributed by atoms with Gasteiger partial charge in [-0.05, 0) is 13.8 Å². The molecule has 0 unspecified atom stereocenters. The molecule has 1 saturated heterocycles. The van der Waals surface area contributed by atoms with Crippen LogP contribution in [-0.2, 0) is 9.53 Å². The number of hydrogen-bond acceptors (Lipinski definition) is 4. The van der Waals surface area contributed by atoms with E-state index in [1.165, 1.54) is 0 Å². The zero-order valence-electron chi connectivity index (χ0n) is 9.69. The molecular weight excluding hydrogens is 206 g/mol. The molecule has 1 rings (SSSR count). The maximum Gasteiger partial charge on any atom is 0.263 e. The van der Waals surface area contributed by atoms with Gasteiger partial charge in [0.25, 0.3) is 5.91 Å². The molecule has 0 aromatic carbocycles. The largest absolute Gasteiger partial charge is 0.378 e. The molecule has 88 valence electrons. The van der Waals surface area contributed by atoms with Gasteiger partial charge in [-0.1, -0.05) is 0 Å². The van der Waals surface area contributed by atoms with E-state index in [2.05, 4.69) is 5.32 Å². The van der Waals surface area contributed by atoms with Crippen LogP contribution in [0.3, 0.4) is 0 Å². The van der Waals surface area contributed by atoms with Gasteiger partial charge in [-0.15, -0.1) is 0 Å². The number of rotatable bonds is 3. The molecular formula is C11H17N3O2. The molecule has 1 fully saturated rings. The van der Waals surface area contributed by atoms with Gasteiger partial charge in [0.15, 0.2) is 0 Å². The van der Waals surface area contributed by atoms with Crippen molar-refractivity contribution in [3.63, 3.8) is 0 Å². The SMILES string of the molecule is CC(C)NC(=O)/C(C#N)=C\N1CCOCC1. The van der Waals surface area contributed by atoms with Crippen molar-refractivity contribution in [2.24, 2.45) is 0 Å². The number of nitrogens with one attached hydrogen (secondary N) is 1. The molecule has 0 spiro atoms.